The van der Waals surface area contributed by atoms with E-state index in [1.165, 1.54) is 0 Å². The van der Waals surface area contributed by atoms with Crippen LogP contribution in [0.5, 0.6) is 0 Å². The summed E-state index contributed by atoms with van der Waals surface area (Å²) in [6.45, 7) is 8.45. The van der Waals surface area contributed by atoms with Gasteiger partial charge in [0.05, 0.1) is 0 Å². The molecule has 0 saturated heterocycles. The average molecular weight is 266 g/mol. The molecule has 0 fully saturated rings. The normalized spacial score (nSPS) is 13.6. The molecular weight excluding hydrogens is 240 g/mol. The SMILES string of the molecule is CN=C(NCCCCn1cnnc1)NC(C)C(C)C. The van der Waals surface area contributed by atoms with Gasteiger partial charge in [0, 0.05) is 26.2 Å². The highest BCUT2D eigenvalue weighted by Gasteiger charge is 2.08. The van der Waals surface area contributed by atoms with Crippen LogP contribution >= 0.6 is 0 Å². The predicted molar refractivity (Wildman–Crippen MR) is 78.1 cm³/mol. The van der Waals surface area contributed by atoms with Crippen molar-refractivity contribution in [3.05, 3.63) is 12.7 Å². The summed E-state index contributed by atoms with van der Waals surface area (Å²) in [7, 11) is 1.81. The van der Waals surface area contributed by atoms with Gasteiger partial charge in [0.15, 0.2) is 5.96 Å². The Balaban J connectivity index is 2.13. The largest absolute Gasteiger partial charge is 0.356 e. The molecular formula is C13H26N6. The van der Waals surface area contributed by atoms with Crippen molar-refractivity contribution in [2.45, 2.75) is 46.2 Å². The lowest BCUT2D eigenvalue weighted by Crippen LogP contribution is -2.44. The zero-order valence-electron chi connectivity index (χ0n) is 12.4. The van der Waals surface area contributed by atoms with Gasteiger partial charge in [-0.3, -0.25) is 4.99 Å². The van der Waals surface area contributed by atoms with E-state index in [4.69, 9.17) is 0 Å². The molecule has 0 saturated carbocycles. The fraction of sp³-hybridized carbons (Fsp3) is 0.769. The summed E-state index contributed by atoms with van der Waals surface area (Å²) in [5.74, 6) is 1.47. The lowest BCUT2D eigenvalue weighted by atomic mass is 10.1. The lowest BCUT2D eigenvalue weighted by molar-refractivity contribution is 0.480. The van der Waals surface area contributed by atoms with Crippen molar-refractivity contribution in [3.8, 4) is 0 Å². The van der Waals surface area contributed by atoms with E-state index in [0.717, 1.165) is 31.9 Å². The molecule has 0 aliphatic carbocycles. The molecule has 0 aliphatic heterocycles. The molecule has 1 heterocycles. The van der Waals surface area contributed by atoms with E-state index in [0.29, 0.717) is 12.0 Å². The molecule has 1 aromatic rings. The molecule has 6 nitrogen and oxygen atoms in total. The van der Waals surface area contributed by atoms with Crippen LogP contribution in [0, 0.1) is 5.92 Å². The highest BCUT2D eigenvalue weighted by atomic mass is 15.2. The van der Waals surface area contributed by atoms with Crippen LogP contribution < -0.4 is 10.6 Å². The van der Waals surface area contributed by atoms with E-state index in [-0.39, 0.29) is 0 Å². The van der Waals surface area contributed by atoms with Crippen molar-refractivity contribution in [2.75, 3.05) is 13.6 Å². The molecule has 0 spiro atoms. The first-order valence-electron chi connectivity index (χ1n) is 6.93. The monoisotopic (exact) mass is 266 g/mol. The number of nitrogens with one attached hydrogen (secondary N) is 2. The van der Waals surface area contributed by atoms with Crippen molar-refractivity contribution >= 4 is 5.96 Å². The number of hydrogen-bond donors (Lipinski definition) is 2. The van der Waals surface area contributed by atoms with Crippen LogP contribution in [0.15, 0.2) is 17.6 Å². The fourth-order valence-electron chi connectivity index (χ4n) is 1.54. The Morgan fingerprint density at radius 3 is 2.47 bits per heavy atom. The number of rotatable bonds is 7. The molecule has 1 unspecified atom stereocenters. The molecule has 19 heavy (non-hydrogen) atoms. The number of aryl methyl sites for hydroxylation is 1. The maximum Gasteiger partial charge on any atom is 0.191 e. The Labute approximate surface area is 115 Å². The summed E-state index contributed by atoms with van der Waals surface area (Å²) < 4.78 is 1.99. The molecule has 1 atom stereocenters. The molecule has 108 valence electrons. The van der Waals surface area contributed by atoms with Gasteiger partial charge in [0.2, 0.25) is 0 Å². The quantitative estimate of drug-likeness (QED) is 0.443. The molecule has 2 N–H and O–H groups in total. The van der Waals surface area contributed by atoms with Gasteiger partial charge in [0.1, 0.15) is 12.7 Å². The maximum atomic E-state index is 4.23. The van der Waals surface area contributed by atoms with E-state index < -0.39 is 0 Å². The van der Waals surface area contributed by atoms with Crippen LogP contribution in [0.2, 0.25) is 0 Å². The topological polar surface area (TPSA) is 67.1 Å². The first-order chi connectivity index (χ1) is 9.13. The van der Waals surface area contributed by atoms with Crippen molar-refractivity contribution in [3.63, 3.8) is 0 Å². The number of aliphatic imine (C=N–C) groups is 1. The van der Waals surface area contributed by atoms with Gasteiger partial charge in [-0.15, -0.1) is 10.2 Å². The Bertz CT molecular complexity index is 357. The minimum Gasteiger partial charge on any atom is -0.356 e. The summed E-state index contributed by atoms with van der Waals surface area (Å²) in [6, 6.07) is 0.420. The van der Waals surface area contributed by atoms with Gasteiger partial charge in [-0.25, -0.2) is 0 Å². The number of unbranched alkanes of at least 4 members (excludes halogenated alkanes) is 1. The smallest absolute Gasteiger partial charge is 0.191 e. The molecule has 0 bridgehead atoms. The van der Waals surface area contributed by atoms with E-state index in [1.54, 1.807) is 19.7 Å². The molecule has 0 amide bonds. The Morgan fingerprint density at radius 1 is 1.21 bits per heavy atom. The molecule has 6 heteroatoms. The maximum absolute atomic E-state index is 4.23. The first-order valence-corrected chi connectivity index (χ1v) is 6.93. The van der Waals surface area contributed by atoms with Crippen LogP contribution in [0.3, 0.4) is 0 Å². The van der Waals surface area contributed by atoms with E-state index in [2.05, 4.69) is 46.6 Å². The van der Waals surface area contributed by atoms with E-state index in [1.807, 2.05) is 4.57 Å². The van der Waals surface area contributed by atoms with Gasteiger partial charge in [0.25, 0.3) is 0 Å². The standard InChI is InChI=1S/C13H26N6/c1-11(2)12(3)18-13(14-4)15-7-5-6-8-19-9-16-17-10-19/h9-12H,5-8H2,1-4H3,(H2,14,15,18). The van der Waals surface area contributed by atoms with Crippen LogP contribution in [0.1, 0.15) is 33.6 Å². The van der Waals surface area contributed by atoms with Crippen LogP contribution in [0.4, 0.5) is 0 Å². The zero-order valence-corrected chi connectivity index (χ0v) is 12.4. The summed E-state index contributed by atoms with van der Waals surface area (Å²) >= 11 is 0. The second-order valence-electron chi connectivity index (χ2n) is 5.08. The number of guanidine groups is 1. The third kappa shape index (κ3) is 6.22. The Kier molecular flexibility index (Phi) is 6.92. The minimum absolute atomic E-state index is 0.420. The lowest BCUT2D eigenvalue weighted by Gasteiger charge is -2.20. The second kappa shape index (κ2) is 8.50. The first kappa shape index (κ1) is 15.5. The van der Waals surface area contributed by atoms with Crippen molar-refractivity contribution < 1.29 is 0 Å². The van der Waals surface area contributed by atoms with Crippen molar-refractivity contribution in [2.24, 2.45) is 10.9 Å². The highest BCUT2D eigenvalue weighted by Crippen LogP contribution is 1.99. The highest BCUT2D eigenvalue weighted by molar-refractivity contribution is 5.79. The summed E-state index contributed by atoms with van der Waals surface area (Å²) in [6.07, 6.45) is 5.69. The molecule has 0 aromatic carbocycles. The van der Waals surface area contributed by atoms with Crippen molar-refractivity contribution in [1.82, 2.24) is 25.4 Å². The fourth-order valence-corrected chi connectivity index (χ4v) is 1.54. The van der Waals surface area contributed by atoms with Gasteiger partial charge < -0.3 is 15.2 Å². The van der Waals surface area contributed by atoms with Crippen molar-refractivity contribution in [1.29, 1.82) is 0 Å². The Hall–Kier alpha value is -1.59. The number of aromatic nitrogens is 3. The molecule has 0 aliphatic rings. The number of nitrogens with zero attached hydrogens (tertiary/aromatic N) is 4. The van der Waals surface area contributed by atoms with Gasteiger partial charge in [-0.1, -0.05) is 13.8 Å². The Morgan fingerprint density at radius 2 is 1.89 bits per heavy atom. The van der Waals surface area contributed by atoms with Gasteiger partial charge in [-0.05, 0) is 25.7 Å². The minimum atomic E-state index is 0.420. The number of hydrogen-bond acceptors (Lipinski definition) is 3. The second-order valence-corrected chi connectivity index (χ2v) is 5.08. The van der Waals surface area contributed by atoms with Crippen LogP contribution in [-0.4, -0.2) is 40.4 Å². The third-order valence-corrected chi connectivity index (χ3v) is 3.19. The summed E-state index contributed by atoms with van der Waals surface area (Å²) in [5, 5.41) is 14.3. The molecule has 0 radical (unpaired) electrons. The zero-order chi connectivity index (χ0) is 14.1. The van der Waals surface area contributed by atoms with Gasteiger partial charge in [-0.2, -0.15) is 0 Å². The molecule has 1 rings (SSSR count). The summed E-state index contributed by atoms with van der Waals surface area (Å²) in [4.78, 5) is 4.23. The average Bonchev–Trinajstić information content (AvgIpc) is 2.89. The van der Waals surface area contributed by atoms with Gasteiger partial charge >= 0.3 is 0 Å². The van der Waals surface area contributed by atoms with Crippen LogP contribution in [-0.2, 0) is 6.54 Å². The van der Waals surface area contributed by atoms with E-state index in [9.17, 15) is 0 Å². The predicted octanol–water partition coefficient (Wildman–Crippen LogP) is 1.27. The molecule has 1 aromatic heterocycles. The summed E-state index contributed by atoms with van der Waals surface area (Å²) in [5.41, 5.74) is 0. The third-order valence-electron chi connectivity index (χ3n) is 3.19. The van der Waals surface area contributed by atoms with Crippen LogP contribution in [0.25, 0.3) is 0 Å². The van der Waals surface area contributed by atoms with E-state index >= 15 is 0 Å².